The molecular weight excluding hydrogens is 271 g/mol. The Balaban J connectivity index is 2.14. The van der Waals surface area contributed by atoms with E-state index in [1.165, 1.54) is 6.07 Å². The highest BCUT2D eigenvalue weighted by Crippen LogP contribution is 2.31. The fraction of sp³-hybridized carbons (Fsp3) is 0.500. The minimum Gasteiger partial charge on any atom is -0.459 e. The third-order valence-electron chi connectivity index (χ3n) is 3.34. The molecule has 0 radical (unpaired) electrons. The first-order valence-corrected chi connectivity index (χ1v) is 6.55. The number of anilines is 1. The zero-order valence-corrected chi connectivity index (χ0v) is 10.9. The summed E-state index contributed by atoms with van der Waals surface area (Å²) in [4.78, 5) is 11.9. The molecule has 1 saturated carbocycles. The molecule has 1 fully saturated rings. The van der Waals surface area contributed by atoms with Gasteiger partial charge in [-0.3, -0.25) is 0 Å². The molecule has 2 N–H and O–H groups in total. The first kappa shape index (κ1) is 14.7. The van der Waals surface area contributed by atoms with Crippen LogP contribution in [0.3, 0.4) is 0 Å². The second-order valence-corrected chi connectivity index (χ2v) is 5.01. The van der Waals surface area contributed by atoms with Crippen molar-refractivity contribution in [3.63, 3.8) is 0 Å². The molecule has 0 bridgehead atoms. The zero-order valence-electron chi connectivity index (χ0n) is 10.9. The van der Waals surface area contributed by atoms with Gasteiger partial charge in [-0.2, -0.15) is 13.2 Å². The number of alkyl halides is 3. The van der Waals surface area contributed by atoms with E-state index in [1.54, 1.807) is 0 Å². The van der Waals surface area contributed by atoms with Gasteiger partial charge in [0.05, 0.1) is 11.1 Å². The van der Waals surface area contributed by atoms with E-state index in [4.69, 9.17) is 10.5 Å². The van der Waals surface area contributed by atoms with Gasteiger partial charge in [0, 0.05) is 5.69 Å². The SMILES string of the molecule is Nc1cc(C(=O)OC2CCCCC2)cc(C(F)(F)F)c1. The molecule has 0 atom stereocenters. The van der Waals surface area contributed by atoms with Crippen LogP contribution in [0.2, 0.25) is 0 Å². The van der Waals surface area contributed by atoms with Crippen molar-refractivity contribution in [2.24, 2.45) is 0 Å². The normalized spacial score (nSPS) is 16.9. The van der Waals surface area contributed by atoms with E-state index < -0.39 is 17.7 Å². The molecule has 6 heteroatoms. The molecule has 1 aromatic carbocycles. The largest absolute Gasteiger partial charge is 0.459 e. The maximum atomic E-state index is 12.7. The number of ether oxygens (including phenoxy) is 1. The van der Waals surface area contributed by atoms with Gasteiger partial charge in [0.25, 0.3) is 0 Å². The van der Waals surface area contributed by atoms with Crippen LogP contribution in [0, 0.1) is 0 Å². The molecule has 1 aliphatic rings. The van der Waals surface area contributed by atoms with Crippen LogP contribution in [0.15, 0.2) is 18.2 Å². The molecule has 0 unspecified atom stereocenters. The van der Waals surface area contributed by atoms with Gasteiger partial charge < -0.3 is 10.5 Å². The molecule has 1 aromatic rings. The Morgan fingerprint density at radius 3 is 2.40 bits per heavy atom. The van der Waals surface area contributed by atoms with Crippen LogP contribution in [-0.4, -0.2) is 12.1 Å². The highest BCUT2D eigenvalue weighted by atomic mass is 19.4. The molecule has 1 aliphatic carbocycles. The second-order valence-electron chi connectivity index (χ2n) is 5.01. The summed E-state index contributed by atoms with van der Waals surface area (Å²) in [7, 11) is 0. The van der Waals surface area contributed by atoms with E-state index in [9.17, 15) is 18.0 Å². The molecule has 0 saturated heterocycles. The number of nitrogens with two attached hydrogens (primary N) is 1. The minimum absolute atomic E-state index is 0.101. The zero-order chi connectivity index (χ0) is 14.8. The molecule has 110 valence electrons. The minimum atomic E-state index is -4.53. The Bertz CT molecular complexity index is 494. The number of benzene rings is 1. The maximum Gasteiger partial charge on any atom is 0.416 e. The highest BCUT2D eigenvalue weighted by Gasteiger charge is 2.32. The predicted octanol–water partition coefficient (Wildman–Crippen LogP) is 3.78. The van der Waals surface area contributed by atoms with Gasteiger partial charge in [0.1, 0.15) is 6.10 Å². The fourth-order valence-electron chi connectivity index (χ4n) is 2.34. The fourth-order valence-corrected chi connectivity index (χ4v) is 2.34. The van der Waals surface area contributed by atoms with E-state index in [0.29, 0.717) is 0 Å². The van der Waals surface area contributed by atoms with Crippen molar-refractivity contribution in [2.45, 2.75) is 44.4 Å². The number of esters is 1. The van der Waals surface area contributed by atoms with Crippen molar-refractivity contribution in [1.82, 2.24) is 0 Å². The molecule has 0 aliphatic heterocycles. The van der Waals surface area contributed by atoms with Crippen molar-refractivity contribution in [1.29, 1.82) is 0 Å². The number of carbonyl (C=O) groups excluding carboxylic acids is 1. The summed E-state index contributed by atoms with van der Waals surface area (Å²) >= 11 is 0. The molecular formula is C14H16F3NO2. The van der Waals surface area contributed by atoms with Crippen molar-refractivity contribution >= 4 is 11.7 Å². The van der Waals surface area contributed by atoms with E-state index in [1.807, 2.05) is 0 Å². The van der Waals surface area contributed by atoms with Crippen molar-refractivity contribution in [3.8, 4) is 0 Å². The van der Waals surface area contributed by atoms with Crippen molar-refractivity contribution in [3.05, 3.63) is 29.3 Å². The molecule has 0 spiro atoms. The summed E-state index contributed by atoms with van der Waals surface area (Å²) < 4.78 is 43.2. The van der Waals surface area contributed by atoms with Crippen LogP contribution < -0.4 is 5.73 Å². The first-order valence-electron chi connectivity index (χ1n) is 6.55. The molecule has 0 heterocycles. The Kier molecular flexibility index (Phi) is 4.20. The van der Waals surface area contributed by atoms with Crippen molar-refractivity contribution < 1.29 is 22.7 Å². The summed E-state index contributed by atoms with van der Waals surface area (Å²) in [5.74, 6) is -0.741. The predicted molar refractivity (Wildman–Crippen MR) is 68.1 cm³/mol. The summed E-state index contributed by atoms with van der Waals surface area (Å²) in [5, 5.41) is 0. The Labute approximate surface area is 114 Å². The lowest BCUT2D eigenvalue weighted by Gasteiger charge is -2.22. The Morgan fingerprint density at radius 2 is 1.80 bits per heavy atom. The topological polar surface area (TPSA) is 52.3 Å². The van der Waals surface area contributed by atoms with E-state index in [-0.39, 0.29) is 17.4 Å². The van der Waals surface area contributed by atoms with Crippen molar-refractivity contribution in [2.75, 3.05) is 5.73 Å². The average Bonchev–Trinajstić information content (AvgIpc) is 2.38. The summed E-state index contributed by atoms with van der Waals surface area (Å²) in [6.45, 7) is 0. The highest BCUT2D eigenvalue weighted by molar-refractivity contribution is 5.90. The quantitative estimate of drug-likeness (QED) is 0.665. The number of rotatable bonds is 2. The molecule has 3 nitrogen and oxygen atoms in total. The molecule has 20 heavy (non-hydrogen) atoms. The average molecular weight is 287 g/mol. The molecule has 0 aromatic heterocycles. The van der Waals surface area contributed by atoms with Gasteiger partial charge in [-0.15, -0.1) is 0 Å². The Morgan fingerprint density at radius 1 is 1.15 bits per heavy atom. The van der Waals surface area contributed by atoms with Crippen LogP contribution in [-0.2, 0) is 10.9 Å². The number of carbonyl (C=O) groups is 1. The maximum absolute atomic E-state index is 12.7. The lowest BCUT2D eigenvalue weighted by Crippen LogP contribution is -2.21. The smallest absolute Gasteiger partial charge is 0.416 e. The lowest BCUT2D eigenvalue weighted by molar-refractivity contribution is -0.137. The number of nitrogen functional groups attached to an aromatic ring is 1. The third kappa shape index (κ3) is 3.65. The monoisotopic (exact) mass is 287 g/mol. The first-order chi connectivity index (χ1) is 9.36. The van der Waals surface area contributed by atoms with Crippen LogP contribution >= 0.6 is 0 Å². The molecule has 0 amide bonds. The number of halogens is 3. The van der Waals surface area contributed by atoms with Gasteiger partial charge in [0.15, 0.2) is 0 Å². The third-order valence-corrected chi connectivity index (χ3v) is 3.34. The summed E-state index contributed by atoms with van der Waals surface area (Å²) in [5.41, 5.74) is 4.23. The van der Waals surface area contributed by atoms with Gasteiger partial charge in [-0.05, 0) is 43.9 Å². The van der Waals surface area contributed by atoms with E-state index in [0.717, 1.165) is 44.2 Å². The number of hydrogen-bond acceptors (Lipinski definition) is 3. The summed E-state index contributed by atoms with van der Waals surface area (Å²) in [6.07, 6.45) is -0.155. The van der Waals surface area contributed by atoms with Gasteiger partial charge in [0.2, 0.25) is 0 Å². The lowest BCUT2D eigenvalue weighted by atomic mass is 9.98. The van der Waals surface area contributed by atoms with Gasteiger partial charge >= 0.3 is 12.1 Å². The van der Waals surface area contributed by atoms with Gasteiger partial charge in [-0.25, -0.2) is 4.79 Å². The van der Waals surface area contributed by atoms with E-state index in [2.05, 4.69) is 0 Å². The van der Waals surface area contributed by atoms with E-state index >= 15 is 0 Å². The summed E-state index contributed by atoms with van der Waals surface area (Å²) in [6, 6.07) is 2.79. The molecule has 2 rings (SSSR count). The van der Waals surface area contributed by atoms with Crippen LogP contribution in [0.5, 0.6) is 0 Å². The number of hydrogen-bond donors (Lipinski definition) is 1. The standard InChI is InChI=1S/C14H16F3NO2/c15-14(16,17)10-6-9(7-11(18)8-10)13(19)20-12-4-2-1-3-5-12/h6-8,12H,1-5,18H2. The van der Waals surface area contributed by atoms with Crippen LogP contribution in [0.25, 0.3) is 0 Å². The Hall–Kier alpha value is -1.72. The van der Waals surface area contributed by atoms with Crippen LogP contribution in [0.1, 0.15) is 48.0 Å². The van der Waals surface area contributed by atoms with Gasteiger partial charge in [-0.1, -0.05) is 6.42 Å². The van der Waals surface area contributed by atoms with Crippen LogP contribution in [0.4, 0.5) is 18.9 Å². The second kappa shape index (κ2) is 5.73.